The molecule has 54 valence electrons. The van der Waals surface area contributed by atoms with E-state index in [1.807, 2.05) is 0 Å². The van der Waals surface area contributed by atoms with Crippen LogP contribution in [0.4, 0.5) is 0 Å². The highest BCUT2D eigenvalue weighted by Crippen LogP contribution is 1.99. The first-order valence-corrected chi connectivity index (χ1v) is 6.67. The summed E-state index contributed by atoms with van der Waals surface area (Å²) in [5, 5.41) is 0. The van der Waals surface area contributed by atoms with Crippen molar-refractivity contribution in [1.29, 1.82) is 0 Å². The second-order valence-corrected chi connectivity index (χ2v) is 5.87. The Morgan fingerprint density at radius 2 is 1.78 bits per heavy atom. The lowest BCUT2D eigenvalue weighted by Crippen LogP contribution is -2.39. The van der Waals surface area contributed by atoms with Crippen molar-refractivity contribution in [3.8, 4) is 0 Å². The van der Waals surface area contributed by atoms with Crippen molar-refractivity contribution < 1.29 is 0 Å². The molecular weight excluding hydrogens is 125 g/mol. The average molecular weight is 143 g/mol. The van der Waals surface area contributed by atoms with Crippen molar-refractivity contribution in [1.82, 2.24) is 3.88 Å². The lowest BCUT2D eigenvalue weighted by molar-refractivity contribution is 0.382. The maximum atomic E-state index is 2.60. The molecule has 9 heavy (non-hydrogen) atoms. The van der Waals surface area contributed by atoms with Crippen LogP contribution >= 0.6 is 0 Å². The summed E-state index contributed by atoms with van der Waals surface area (Å²) in [7, 11) is 0. The van der Waals surface area contributed by atoms with Crippen LogP contribution in [0.25, 0.3) is 0 Å². The van der Waals surface area contributed by atoms with Gasteiger partial charge in [-0.05, 0) is 12.6 Å². The largest absolute Gasteiger partial charge is 0.383 e. The molecule has 0 fully saturated rings. The van der Waals surface area contributed by atoms with Gasteiger partial charge in [0.1, 0.15) is 0 Å². The molecule has 0 spiro atoms. The van der Waals surface area contributed by atoms with Gasteiger partial charge >= 0.3 is 14.4 Å². The molecule has 0 unspecified atom stereocenters. The zero-order valence-corrected chi connectivity index (χ0v) is 8.46. The lowest BCUT2D eigenvalue weighted by Gasteiger charge is -2.27. The molecule has 0 rings (SSSR count). The van der Waals surface area contributed by atoms with Crippen LogP contribution in [0.3, 0.4) is 0 Å². The van der Waals surface area contributed by atoms with Crippen LogP contribution in [0.5, 0.6) is 0 Å². The molecule has 0 aromatic heterocycles. The summed E-state index contributed by atoms with van der Waals surface area (Å²) in [5.74, 6) is 4.76. The second-order valence-electron chi connectivity index (χ2n) is 3.02. The molecule has 2 heteroatoms. The van der Waals surface area contributed by atoms with E-state index in [0.29, 0.717) is 0 Å². The molecule has 0 aliphatic heterocycles. The Kier molecular flexibility index (Phi) is 4.57. The van der Waals surface area contributed by atoms with Gasteiger partial charge in [-0.3, -0.25) is 0 Å². The fourth-order valence-electron chi connectivity index (χ4n) is 1.33. The highest BCUT2D eigenvalue weighted by atomic mass is 27.2. The Bertz CT molecular complexity index is 63.3. The molecule has 0 radical (unpaired) electrons. The molecule has 0 bridgehead atoms. The Morgan fingerprint density at radius 3 is 1.78 bits per heavy atom. The Labute approximate surface area is 63.7 Å². The number of hydrogen-bond acceptors (Lipinski definition) is 1. The zero-order chi connectivity index (χ0) is 7.44. The smallest absolute Gasteiger partial charge is 0.366 e. The van der Waals surface area contributed by atoms with Gasteiger partial charge in [0.2, 0.25) is 0 Å². The Balaban J connectivity index is 3.68. The number of hydrogen-bond donors (Lipinski definition) is 0. The fraction of sp³-hybridized carbons (Fsp3) is 1.00. The summed E-state index contributed by atoms with van der Waals surface area (Å²) in [5.41, 5.74) is 0. The van der Waals surface area contributed by atoms with Gasteiger partial charge in [0.15, 0.2) is 0 Å². The Hall–Kier alpha value is 0.492. The summed E-state index contributed by atoms with van der Waals surface area (Å²) in [4.78, 5) is 0. The van der Waals surface area contributed by atoms with Gasteiger partial charge in [-0.25, -0.2) is 0 Å². The van der Waals surface area contributed by atoms with Crippen LogP contribution in [0.2, 0.25) is 11.6 Å². The van der Waals surface area contributed by atoms with Gasteiger partial charge in [-0.2, -0.15) is 0 Å². The molecule has 0 saturated heterocycles. The van der Waals surface area contributed by atoms with Crippen molar-refractivity contribution >= 4 is 14.4 Å². The van der Waals surface area contributed by atoms with Crippen molar-refractivity contribution in [2.45, 2.75) is 38.4 Å². The minimum absolute atomic E-state index is 0.510. The van der Waals surface area contributed by atoms with E-state index in [2.05, 4.69) is 36.2 Å². The monoisotopic (exact) mass is 143 g/mol. The van der Waals surface area contributed by atoms with E-state index in [1.54, 1.807) is 0 Å². The first kappa shape index (κ1) is 9.49. The first-order valence-electron chi connectivity index (χ1n) is 3.85. The van der Waals surface area contributed by atoms with Gasteiger partial charge in [-0.1, -0.05) is 32.3 Å². The molecule has 0 aliphatic rings. The maximum Gasteiger partial charge on any atom is 0.366 e. The van der Waals surface area contributed by atoms with E-state index in [1.165, 1.54) is 6.54 Å². The van der Waals surface area contributed by atoms with Crippen LogP contribution in [-0.2, 0) is 0 Å². The van der Waals surface area contributed by atoms with Crippen molar-refractivity contribution in [2.75, 3.05) is 6.54 Å². The van der Waals surface area contributed by atoms with Crippen LogP contribution in [-0.4, -0.2) is 30.8 Å². The minimum atomic E-state index is -0.510. The number of rotatable bonds is 3. The highest BCUT2D eigenvalue weighted by molar-refractivity contribution is 6.52. The maximum absolute atomic E-state index is 2.60. The molecule has 0 aromatic carbocycles. The lowest BCUT2D eigenvalue weighted by atomic mass is 10.4. The van der Waals surface area contributed by atoms with Crippen molar-refractivity contribution in [3.05, 3.63) is 0 Å². The van der Waals surface area contributed by atoms with E-state index < -0.39 is 14.4 Å². The highest BCUT2D eigenvalue weighted by Gasteiger charge is 2.15. The van der Waals surface area contributed by atoms with Gasteiger partial charge < -0.3 is 3.88 Å². The minimum Gasteiger partial charge on any atom is -0.383 e. The number of nitrogens with zero attached hydrogens (tertiary/aromatic N) is 1. The van der Waals surface area contributed by atoms with Crippen LogP contribution in [0.1, 0.15) is 20.8 Å². The summed E-state index contributed by atoms with van der Waals surface area (Å²) >= 11 is -0.510. The molecule has 1 nitrogen and oxygen atoms in total. The van der Waals surface area contributed by atoms with Crippen LogP contribution in [0, 0.1) is 0 Å². The molecular formula is C7H18AlN. The molecule has 0 N–H and O–H groups in total. The van der Waals surface area contributed by atoms with Crippen molar-refractivity contribution in [2.24, 2.45) is 0 Å². The fourth-order valence-corrected chi connectivity index (χ4v) is 3.25. The zero-order valence-electron chi connectivity index (χ0n) is 7.31. The molecule has 0 saturated carbocycles. The van der Waals surface area contributed by atoms with Gasteiger partial charge in [0, 0.05) is 0 Å². The average Bonchev–Trinajstić information content (AvgIpc) is 1.64. The predicted octanol–water partition coefficient (Wildman–Crippen LogP) is 1.97. The summed E-state index contributed by atoms with van der Waals surface area (Å²) in [6.07, 6.45) is 0. The molecule has 0 aromatic rings. The molecule has 0 amide bonds. The van der Waals surface area contributed by atoms with E-state index in [0.717, 1.165) is 6.04 Å². The normalized spacial score (nSPS) is 11.0. The summed E-state index contributed by atoms with van der Waals surface area (Å²) in [6, 6.07) is 0.752. The van der Waals surface area contributed by atoms with Crippen LogP contribution < -0.4 is 0 Å². The van der Waals surface area contributed by atoms with E-state index in [9.17, 15) is 0 Å². The molecule has 0 heterocycles. The van der Waals surface area contributed by atoms with Gasteiger partial charge in [0.05, 0.1) is 0 Å². The van der Waals surface area contributed by atoms with Crippen molar-refractivity contribution in [3.63, 3.8) is 0 Å². The van der Waals surface area contributed by atoms with Crippen LogP contribution in [0.15, 0.2) is 0 Å². The van der Waals surface area contributed by atoms with E-state index in [-0.39, 0.29) is 0 Å². The molecule has 0 atom stereocenters. The SMILES string of the molecule is CC[N](C(C)C)[Al]([CH3])[CH3]. The van der Waals surface area contributed by atoms with E-state index >= 15 is 0 Å². The van der Waals surface area contributed by atoms with E-state index in [4.69, 9.17) is 0 Å². The third kappa shape index (κ3) is 3.25. The third-order valence-corrected chi connectivity index (χ3v) is 3.98. The first-order chi connectivity index (χ1) is 4.09. The molecule has 0 aliphatic carbocycles. The quantitative estimate of drug-likeness (QED) is 0.546. The summed E-state index contributed by atoms with van der Waals surface area (Å²) in [6.45, 7) is 8.02. The van der Waals surface area contributed by atoms with Gasteiger partial charge in [0.25, 0.3) is 0 Å². The van der Waals surface area contributed by atoms with Gasteiger partial charge in [-0.15, -0.1) is 0 Å². The standard InChI is InChI=1S/C5H12N.2CH3.Al/c1-4-6-5(2)3;;;/h5H,4H2,1-3H3;2*1H3;/q-1;;;+1. The summed E-state index contributed by atoms with van der Waals surface area (Å²) < 4.78 is 2.60. The second kappa shape index (κ2) is 4.33. The third-order valence-electron chi connectivity index (χ3n) is 1.69. The predicted molar refractivity (Wildman–Crippen MR) is 45.0 cm³/mol. The Morgan fingerprint density at radius 1 is 1.33 bits per heavy atom. The topological polar surface area (TPSA) is 3.24 Å².